The standard InChI is InChI=1S/C11H15FN2O.ClH/c1-8(13)11(15)14(2)7-9-5-3-4-6-10(9)12;/h3-6,8H,7,13H2,1-2H3;1H/t8-;/m0./s1. The fourth-order valence-corrected chi connectivity index (χ4v) is 1.31. The quantitative estimate of drug-likeness (QED) is 0.880. The van der Waals surface area contributed by atoms with E-state index >= 15 is 0 Å². The maximum atomic E-state index is 13.2. The lowest BCUT2D eigenvalue weighted by atomic mass is 10.2. The number of rotatable bonds is 3. The zero-order valence-electron chi connectivity index (χ0n) is 9.31. The third-order valence-electron chi connectivity index (χ3n) is 2.13. The Morgan fingerprint density at radius 1 is 1.50 bits per heavy atom. The summed E-state index contributed by atoms with van der Waals surface area (Å²) in [5, 5.41) is 0. The molecule has 90 valence electrons. The highest BCUT2D eigenvalue weighted by molar-refractivity contribution is 5.85. The molecule has 3 nitrogen and oxygen atoms in total. The number of hydrogen-bond acceptors (Lipinski definition) is 2. The second-order valence-corrected chi connectivity index (χ2v) is 3.57. The zero-order chi connectivity index (χ0) is 11.4. The molecule has 0 aliphatic carbocycles. The molecule has 2 N–H and O–H groups in total. The molecule has 1 aromatic rings. The molecule has 0 aliphatic heterocycles. The van der Waals surface area contributed by atoms with Crippen LogP contribution in [0.3, 0.4) is 0 Å². The molecule has 5 heteroatoms. The molecule has 0 saturated heterocycles. The Balaban J connectivity index is 0.00000225. The summed E-state index contributed by atoms with van der Waals surface area (Å²) in [6.07, 6.45) is 0. The highest BCUT2D eigenvalue weighted by Crippen LogP contribution is 2.09. The van der Waals surface area contributed by atoms with Crippen LogP contribution in [0.2, 0.25) is 0 Å². The molecule has 0 saturated carbocycles. The van der Waals surface area contributed by atoms with Crippen LogP contribution in [0, 0.1) is 5.82 Å². The van der Waals surface area contributed by atoms with Gasteiger partial charge in [-0.25, -0.2) is 4.39 Å². The maximum Gasteiger partial charge on any atom is 0.239 e. The minimum Gasteiger partial charge on any atom is -0.340 e. The summed E-state index contributed by atoms with van der Waals surface area (Å²) in [6.45, 7) is 1.85. The molecule has 0 heterocycles. The number of nitrogens with two attached hydrogens (primary N) is 1. The molecule has 0 aromatic heterocycles. The van der Waals surface area contributed by atoms with Gasteiger partial charge >= 0.3 is 0 Å². The van der Waals surface area contributed by atoms with Crippen LogP contribution in [-0.4, -0.2) is 23.9 Å². The SMILES string of the molecule is C[C@H](N)C(=O)N(C)Cc1ccccc1F.Cl. The fourth-order valence-electron chi connectivity index (χ4n) is 1.31. The van der Waals surface area contributed by atoms with Gasteiger partial charge in [0.1, 0.15) is 5.82 Å². The first kappa shape index (κ1) is 14.9. The molecule has 1 atom stereocenters. The van der Waals surface area contributed by atoms with Crippen molar-refractivity contribution in [2.75, 3.05) is 7.05 Å². The lowest BCUT2D eigenvalue weighted by Gasteiger charge is -2.19. The molecule has 0 spiro atoms. The van der Waals surface area contributed by atoms with Crippen LogP contribution >= 0.6 is 12.4 Å². The van der Waals surface area contributed by atoms with Gasteiger partial charge in [0.2, 0.25) is 5.91 Å². The lowest BCUT2D eigenvalue weighted by Crippen LogP contribution is -2.39. The molecule has 16 heavy (non-hydrogen) atoms. The van der Waals surface area contributed by atoms with Crippen LogP contribution < -0.4 is 5.73 Å². The summed E-state index contributed by atoms with van der Waals surface area (Å²) in [5.74, 6) is -0.500. The molecule has 1 aromatic carbocycles. The largest absolute Gasteiger partial charge is 0.340 e. The van der Waals surface area contributed by atoms with Gasteiger partial charge < -0.3 is 10.6 Å². The maximum absolute atomic E-state index is 13.2. The summed E-state index contributed by atoms with van der Waals surface area (Å²) < 4.78 is 13.2. The smallest absolute Gasteiger partial charge is 0.239 e. The highest BCUT2D eigenvalue weighted by atomic mass is 35.5. The van der Waals surface area contributed by atoms with Gasteiger partial charge in [0.15, 0.2) is 0 Å². The van der Waals surface area contributed by atoms with Crippen molar-refractivity contribution in [2.45, 2.75) is 19.5 Å². The fraction of sp³-hybridized carbons (Fsp3) is 0.364. The van der Waals surface area contributed by atoms with Crippen molar-refractivity contribution in [1.29, 1.82) is 0 Å². The second kappa shape index (κ2) is 6.45. The second-order valence-electron chi connectivity index (χ2n) is 3.57. The van der Waals surface area contributed by atoms with Crippen molar-refractivity contribution in [3.05, 3.63) is 35.6 Å². The summed E-state index contributed by atoms with van der Waals surface area (Å²) >= 11 is 0. The van der Waals surface area contributed by atoms with E-state index in [2.05, 4.69) is 0 Å². The molecule has 1 rings (SSSR count). The first-order chi connectivity index (χ1) is 7.02. The molecule has 1 amide bonds. The average Bonchev–Trinajstić information content (AvgIpc) is 2.20. The van der Waals surface area contributed by atoms with Crippen LogP contribution in [0.1, 0.15) is 12.5 Å². The van der Waals surface area contributed by atoms with Gasteiger partial charge in [-0.3, -0.25) is 4.79 Å². The minimum atomic E-state index is -0.554. The molecular formula is C11H16ClFN2O. The average molecular weight is 247 g/mol. The van der Waals surface area contributed by atoms with Crippen LogP contribution in [0.25, 0.3) is 0 Å². The van der Waals surface area contributed by atoms with Gasteiger partial charge in [0, 0.05) is 19.2 Å². The van der Waals surface area contributed by atoms with Gasteiger partial charge in [-0.15, -0.1) is 12.4 Å². The van der Waals surface area contributed by atoms with Gasteiger partial charge in [0.25, 0.3) is 0 Å². The third kappa shape index (κ3) is 3.79. The molecule has 0 bridgehead atoms. The summed E-state index contributed by atoms with van der Waals surface area (Å²) in [4.78, 5) is 12.9. The number of hydrogen-bond donors (Lipinski definition) is 1. The van der Waals surface area contributed by atoms with Crippen LogP contribution in [0.4, 0.5) is 4.39 Å². The van der Waals surface area contributed by atoms with E-state index in [1.165, 1.54) is 11.0 Å². The van der Waals surface area contributed by atoms with Gasteiger partial charge in [0.05, 0.1) is 6.04 Å². The Morgan fingerprint density at radius 3 is 2.56 bits per heavy atom. The van der Waals surface area contributed by atoms with E-state index < -0.39 is 6.04 Å². The number of nitrogens with zero attached hydrogens (tertiary/aromatic N) is 1. The Kier molecular flexibility index (Phi) is 6.00. The van der Waals surface area contributed by atoms with E-state index in [4.69, 9.17) is 5.73 Å². The van der Waals surface area contributed by atoms with E-state index in [-0.39, 0.29) is 30.7 Å². The zero-order valence-corrected chi connectivity index (χ0v) is 10.1. The first-order valence-electron chi connectivity index (χ1n) is 4.76. The number of amides is 1. The monoisotopic (exact) mass is 246 g/mol. The summed E-state index contributed by atoms with van der Waals surface area (Å²) in [7, 11) is 1.61. The van der Waals surface area contributed by atoms with Crippen LogP contribution in [0.15, 0.2) is 24.3 Å². The van der Waals surface area contributed by atoms with E-state index in [0.29, 0.717) is 5.56 Å². The Hall–Kier alpha value is -1.13. The Morgan fingerprint density at radius 2 is 2.06 bits per heavy atom. The normalized spacial score (nSPS) is 11.5. The minimum absolute atomic E-state index is 0. The van der Waals surface area contributed by atoms with Crippen LogP contribution in [0.5, 0.6) is 0 Å². The number of carbonyl (C=O) groups is 1. The molecular weight excluding hydrogens is 231 g/mol. The van der Waals surface area contributed by atoms with E-state index in [1.807, 2.05) is 0 Å². The molecule has 0 unspecified atom stereocenters. The van der Waals surface area contributed by atoms with Crippen molar-refractivity contribution in [1.82, 2.24) is 4.90 Å². The highest BCUT2D eigenvalue weighted by Gasteiger charge is 2.14. The van der Waals surface area contributed by atoms with Crippen molar-refractivity contribution in [2.24, 2.45) is 5.73 Å². The number of likely N-dealkylation sites (N-methyl/N-ethyl adjacent to an activating group) is 1. The van der Waals surface area contributed by atoms with E-state index in [0.717, 1.165) is 0 Å². The lowest BCUT2D eigenvalue weighted by molar-refractivity contribution is -0.131. The number of halogens is 2. The van der Waals surface area contributed by atoms with E-state index in [9.17, 15) is 9.18 Å². The summed E-state index contributed by atoms with van der Waals surface area (Å²) in [5.41, 5.74) is 5.94. The van der Waals surface area contributed by atoms with Crippen molar-refractivity contribution in [3.8, 4) is 0 Å². The summed E-state index contributed by atoms with van der Waals surface area (Å²) in [6, 6.07) is 5.83. The molecule has 0 fully saturated rings. The van der Waals surface area contributed by atoms with Crippen molar-refractivity contribution >= 4 is 18.3 Å². The van der Waals surface area contributed by atoms with Gasteiger partial charge in [-0.1, -0.05) is 18.2 Å². The van der Waals surface area contributed by atoms with Crippen molar-refractivity contribution < 1.29 is 9.18 Å². The Bertz CT molecular complexity index is 358. The predicted octanol–water partition coefficient (Wildman–Crippen LogP) is 1.55. The predicted molar refractivity (Wildman–Crippen MR) is 63.8 cm³/mol. The third-order valence-corrected chi connectivity index (χ3v) is 2.13. The molecule has 0 radical (unpaired) electrons. The number of carbonyl (C=O) groups excluding carboxylic acids is 1. The Labute approximate surface area is 101 Å². The van der Waals surface area contributed by atoms with Crippen molar-refractivity contribution in [3.63, 3.8) is 0 Å². The topological polar surface area (TPSA) is 46.3 Å². The van der Waals surface area contributed by atoms with Crippen LogP contribution in [-0.2, 0) is 11.3 Å². The van der Waals surface area contributed by atoms with Gasteiger partial charge in [-0.05, 0) is 13.0 Å². The number of benzene rings is 1. The van der Waals surface area contributed by atoms with Gasteiger partial charge in [-0.2, -0.15) is 0 Å². The first-order valence-corrected chi connectivity index (χ1v) is 4.76. The van der Waals surface area contributed by atoms with E-state index in [1.54, 1.807) is 32.2 Å². The molecule has 0 aliphatic rings.